The molecule has 0 aliphatic heterocycles. The van der Waals surface area contributed by atoms with Crippen LogP contribution in [0.4, 0.5) is 0 Å². The molecule has 0 radical (unpaired) electrons. The standard InChI is InChI=1S/C10H22NO.HI/c1-8(2)10(9(3)12)7-11(4,5)6;/h8,10H,7H2,1-6H3;1H/q+1;/p-1. The van der Waals surface area contributed by atoms with Crippen molar-refractivity contribution in [2.75, 3.05) is 27.7 Å². The number of carbonyl (C=O) groups excluding carboxylic acids is 1. The van der Waals surface area contributed by atoms with Gasteiger partial charge in [-0.2, -0.15) is 0 Å². The largest absolute Gasteiger partial charge is 1.00 e. The molecule has 0 fully saturated rings. The number of nitrogens with zero attached hydrogens (tertiary/aromatic N) is 1. The summed E-state index contributed by atoms with van der Waals surface area (Å²) in [6.07, 6.45) is 0. The molecule has 0 aromatic rings. The minimum absolute atomic E-state index is 0. The van der Waals surface area contributed by atoms with Crippen molar-refractivity contribution in [3.8, 4) is 0 Å². The van der Waals surface area contributed by atoms with Crippen LogP contribution in [-0.2, 0) is 4.79 Å². The van der Waals surface area contributed by atoms with E-state index < -0.39 is 0 Å². The van der Waals surface area contributed by atoms with Crippen molar-refractivity contribution < 1.29 is 33.3 Å². The highest BCUT2D eigenvalue weighted by molar-refractivity contribution is 5.78. The van der Waals surface area contributed by atoms with Gasteiger partial charge in [-0.25, -0.2) is 0 Å². The SMILES string of the molecule is CC(=O)C(C[N+](C)(C)C)C(C)C.[I-]. The second kappa shape index (κ2) is 5.96. The minimum Gasteiger partial charge on any atom is -1.00 e. The lowest BCUT2D eigenvalue weighted by Crippen LogP contribution is -3.00. The number of Topliss-reactive ketones (excluding diaryl/α,β-unsaturated/α-hetero) is 1. The van der Waals surface area contributed by atoms with E-state index >= 15 is 0 Å². The fourth-order valence-electron chi connectivity index (χ4n) is 1.40. The van der Waals surface area contributed by atoms with Gasteiger partial charge in [0.2, 0.25) is 0 Å². The molecule has 0 N–H and O–H groups in total. The van der Waals surface area contributed by atoms with E-state index in [0.717, 1.165) is 11.0 Å². The van der Waals surface area contributed by atoms with Crippen molar-refractivity contribution in [2.24, 2.45) is 11.8 Å². The van der Waals surface area contributed by atoms with Gasteiger partial charge in [0, 0.05) is 0 Å². The van der Waals surface area contributed by atoms with Crippen molar-refractivity contribution in [1.82, 2.24) is 0 Å². The highest BCUT2D eigenvalue weighted by Crippen LogP contribution is 2.14. The first-order valence-corrected chi connectivity index (χ1v) is 4.55. The number of ketones is 1. The molecule has 80 valence electrons. The molecule has 0 aromatic heterocycles. The first kappa shape index (κ1) is 15.8. The van der Waals surface area contributed by atoms with Crippen molar-refractivity contribution in [2.45, 2.75) is 20.8 Å². The molecule has 0 aliphatic carbocycles. The molecule has 0 bridgehead atoms. The van der Waals surface area contributed by atoms with Crippen LogP contribution < -0.4 is 24.0 Å². The van der Waals surface area contributed by atoms with Gasteiger partial charge in [0.25, 0.3) is 0 Å². The van der Waals surface area contributed by atoms with E-state index in [1.807, 2.05) is 0 Å². The Balaban J connectivity index is 0. The summed E-state index contributed by atoms with van der Waals surface area (Å²) < 4.78 is 0.864. The van der Waals surface area contributed by atoms with Gasteiger partial charge >= 0.3 is 0 Å². The van der Waals surface area contributed by atoms with Crippen LogP contribution in [0.25, 0.3) is 0 Å². The Labute approximate surface area is 99.3 Å². The van der Waals surface area contributed by atoms with Crippen LogP contribution in [0.3, 0.4) is 0 Å². The molecule has 1 atom stereocenters. The highest BCUT2D eigenvalue weighted by atomic mass is 127. The number of halogens is 1. The van der Waals surface area contributed by atoms with E-state index in [-0.39, 0.29) is 29.9 Å². The molecule has 3 heteroatoms. The molecule has 0 aliphatic rings. The summed E-state index contributed by atoms with van der Waals surface area (Å²) in [4.78, 5) is 11.3. The molecule has 13 heavy (non-hydrogen) atoms. The molecular formula is C10H22INO. The lowest BCUT2D eigenvalue weighted by molar-refractivity contribution is -0.873. The second-order valence-corrected chi connectivity index (χ2v) is 4.93. The zero-order valence-corrected chi connectivity index (χ0v) is 11.8. The van der Waals surface area contributed by atoms with Gasteiger partial charge in [0.05, 0.1) is 33.6 Å². The van der Waals surface area contributed by atoms with Gasteiger partial charge in [0.1, 0.15) is 5.78 Å². The van der Waals surface area contributed by atoms with E-state index in [1.165, 1.54) is 0 Å². The number of quaternary nitrogens is 1. The van der Waals surface area contributed by atoms with Gasteiger partial charge in [-0.15, -0.1) is 0 Å². The molecule has 0 spiro atoms. The maximum Gasteiger partial charge on any atom is 0.138 e. The molecule has 0 saturated heterocycles. The smallest absolute Gasteiger partial charge is 0.138 e. The monoisotopic (exact) mass is 299 g/mol. The first-order valence-electron chi connectivity index (χ1n) is 4.55. The number of hydrogen-bond acceptors (Lipinski definition) is 1. The Kier molecular flexibility index (Phi) is 7.25. The zero-order valence-electron chi connectivity index (χ0n) is 9.60. The number of hydrogen-bond donors (Lipinski definition) is 0. The second-order valence-electron chi connectivity index (χ2n) is 4.93. The lowest BCUT2D eigenvalue weighted by Gasteiger charge is -2.29. The van der Waals surface area contributed by atoms with E-state index in [0.29, 0.717) is 11.7 Å². The number of carbonyl (C=O) groups is 1. The topological polar surface area (TPSA) is 17.1 Å². The van der Waals surface area contributed by atoms with Crippen LogP contribution >= 0.6 is 0 Å². The molecule has 0 amide bonds. The fourth-order valence-corrected chi connectivity index (χ4v) is 1.40. The summed E-state index contributed by atoms with van der Waals surface area (Å²) in [5, 5.41) is 0. The third kappa shape index (κ3) is 7.43. The third-order valence-corrected chi connectivity index (χ3v) is 2.07. The summed E-state index contributed by atoms with van der Waals surface area (Å²) in [6.45, 7) is 6.86. The Hall–Kier alpha value is 0.360. The van der Waals surface area contributed by atoms with Crippen molar-refractivity contribution >= 4 is 5.78 Å². The Morgan fingerprint density at radius 2 is 1.62 bits per heavy atom. The van der Waals surface area contributed by atoms with E-state index in [9.17, 15) is 4.79 Å². The predicted molar refractivity (Wildman–Crippen MR) is 51.9 cm³/mol. The summed E-state index contributed by atoms with van der Waals surface area (Å²) in [7, 11) is 6.37. The molecule has 2 nitrogen and oxygen atoms in total. The van der Waals surface area contributed by atoms with Crippen LogP contribution in [0, 0.1) is 11.8 Å². The predicted octanol–water partition coefficient (Wildman–Crippen LogP) is -1.44. The van der Waals surface area contributed by atoms with E-state index in [4.69, 9.17) is 0 Å². The van der Waals surface area contributed by atoms with Crippen LogP contribution in [0.5, 0.6) is 0 Å². The van der Waals surface area contributed by atoms with Crippen LogP contribution in [-0.4, -0.2) is 38.0 Å². The average molecular weight is 299 g/mol. The molecule has 1 unspecified atom stereocenters. The maximum atomic E-state index is 11.3. The van der Waals surface area contributed by atoms with Gasteiger partial charge in [-0.3, -0.25) is 4.79 Å². The Morgan fingerprint density at radius 3 is 1.69 bits per heavy atom. The highest BCUT2D eigenvalue weighted by Gasteiger charge is 2.24. The zero-order chi connectivity index (χ0) is 9.94. The molecular weight excluding hydrogens is 277 g/mol. The van der Waals surface area contributed by atoms with Crippen molar-refractivity contribution in [3.05, 3.63) is 0 Å². The quantitative estimate of drug-likeness (QED) is 0.459. The van der Waals surface area contributed by atoms with Gasteiger partial charge in [-0.1, -0.05) is 13.8 Å². The lowest BCUT2D eigenvalue weighted by atomic mass is 9.91. The van der Waals surface area contributed by atoms with E-state index in [2.05, 4.69) is 35.0 Å². The summed E-state index contributed by atoms with van der Waals surface area (Å²) in [5.74, 6) is 0.989. The van der Waals surface area contributed by atoms with Gasteiger partial charge in [-0.05, 0) is 12.8 Å². The summed E-state index contributed by atoms with van der Waals surface area (Å²) >= 11 is 0. The average Bonchev–Trinajstić information content (AvgIpc) is 1.79. The first-order chi connectivity index (χ1) is 5.24. The molecule has 0 saturated carbocycles. The Bertz CT molecular complexity index is 161. The van der Waals surface area contributed by atoms with Crippen molar-refractivity contribution in [1.29, 1.82) is 0 Å². The molecule has 0 rings (SSSR count). The van der Waals surface area contributed by atoms with Crippen LogP contribution in [0.2, 0.25) is 0 Å². The minimum atomic E-state index is 0. The normalized spacial score (nSPS) is 13.8. The van der Waals surface area contributed by atoms with E-state index in [1.54, 1.807) is 6.92 Å². The fraction of sp³-hybridized carbons (Fsp3) is 0.900. The van der Waals surface area contributed by atoms with Crippen LogP contribution in [0.15, 0.2) is 0 Å². The summed E-state index contributed by atoms with van der Waals surface area (Å²) in [5.41, 5.74) is 0. The van der Waals surface area contributed by atoms with Crippen molar-refractivity contribution in [3.63, 3.8) is 0 Å². The van der Waals surface area contributed by atoms with Gasteiger partial charge in [0.15, 0.2) is 0 Å². The van der Waals surface area contributed by atoms with Crippen LogP contribution in [0.1, 0.15) is 20.8 Å². The number of rotatable bonds is 4. The summed E-state index contributed by atoms with van der Waals surface area (Å²) in [6, 6.07) is 0. The molecule has 0 aromatic carbocycles. The van der Waals surface area contributed by atoms with Gasteiger partial charge < -0.3 is 28.5 Å². The third-order valence-electron chi connectivity index (χ3n) is 2.07. The molecule has 0 heterocycles. The Morgan fingerprint density at radius 1 is 1.23 bits per heavy atom. The maximum absolute atomic E-state index is 11.3.